The van der Waals surface area contributed by atoms with Crippen LogP contribution in [-0.4, -0.2) is 27.2 Å². The molecule has 0 bridgehead atoms. The first-order valence-electron chi connectivity index (χ1n) is 9.42. The van der Waals surface area contributed by atoms with Crippen LogP contribution in [0.2, 0.25) is 0 Å². The molecule has 1 aromatic carbocycles. The Kier molecular flexibility index (Phi) is 4.49. The molecule has 2 heterocycles. The highest BCUT2D eigenvalue weighted by atomic mass is 16.7. The molecule has 0 N–H and O–H groups in total. The van der Waals surface area contributed by atoms with Gasteiger partial charge in [-0.3, -0.25) is 10.1 Å². The molecule has 4 rings (SSSR count). The zero-order valence-electron chi connectivity index (χ0n) is 16.1. The van der Waals surface area contributed by atoms with Crippen molar-refractivity contribution < 1.29 is 24.0 Å². The largest absolute Gasteiger partial charge is 0.419 e. The van der Waals surface area contributed by atoms with Crippen molar-refractivity contribution in [2.75, 3.05) is 0 Å². The maximum atomic E-state index is 12.5. The minimum Gasteiger partial charge on any atom is -0.419 e. The van der Waals surface area contributed by atoms with Crippen molar-refractivity contribution in [3.05, 3.63) is 63.0 Å². The lowest BCUT2D eigenvalue weighted by molar-refractivity contribution is -0.384. The summed E-state index contributed by atoms with van der Waals surface area (Å²) in [5, 5.41) is 10.9. The molecular weight excluding hydrogens is 376 g/mol. The number of nitro benzene ring substituents is 1. The van der Waals surface area contributed by atoms with Gasteiger partial charge in [-0.15, -0.1) is 0 Å². The Morgan fingerprint density at radius 1 is 1.07 bits per heavy atom. The number of carbonyl (C=O) groups excluding carboxylic acids is 2. The summed E-state index contributed by atoms with van der Waals surface area (Å²) in [4.78, 5) is 35.4. The Morgan fingerprint density at radius 3 is 2.21 bits per heavy atom. The van der Waals surface area contributed by atoms with Crippen LogP contribution in [0.1, 0.15) is 42.6 Å². The summed E-state index contributed by atoms with van der Waals surface area (Å²) in [6.07, 6.45) is 4.27. The second-order valence-corrected chi connectivity index (χ2v) is 7.39. The third-order valence-electron chi connectivity index (χ3n) is 5.45. The van der Waals surface area contributed by atoms with Crippen LogP contribution in [0, 0.1) is 24.0 Å². The normalized spacial score (nSPS) is 17.9. The molecule has 1 spiro atoms. The van der Waals surface area contributed by atoms with Crippen molar-refractivity contribution in [1.29, 1.82) is 0 Å². The fraction of sp³-hybridized carbons (Fsp3) is 0.333. The van der Waals surface area contributed by atoms with Gasteiger partial charge < -0.3 is 14.0 Å². The number of carbonyl (C=O) groups is 2. The van der Waals surface area contributed by atoms with Crippen molar-refractivity contribution in [3.8, 4) is 5.69 Å². The van der Waals surface area contributed by atoms with Gasteiger partial charge in [0.25, 0.3) is 11.5 Å². The Bertz CT molecular complexity index is 1020. The minimum absolute atomic E-state index is 0.00657. The highest BCUT2D eigenvalue weighted by Crippen LogP contribution is 2.39. The van der Waals surface area contributed by atoms with Gasteiger partial charge in [0.15, 0.2) is 0 Å². The Morgan fingerprint density at radius 2 is 1.66 bits per heavy atom. The van der Waals surface area contributed by atoms with E-state index in [9.17, 15) is 19.7 Å². The van der Waals surface area contributed by atoms with Crippen LogP contribution >= 0.6 is 0 Å². The van der Waals surface area contributed by atoms with Gasteiger partial charge in [0.1, 0.15) is 5.57 Å². The molecule has 0 radical (unpaired) electrons. The van der Waals surface area contributed by atoms with Crippen LogP contribution in [0.5, 0.6) is 0 Å². The van der Waals surface area contributed by atoms with Gasteiger partial charge in [-0.25, -0.2) is 9.59 Å². The Labute approximate surface area is 166 Å². The third-order valence-corrected chi connectivity index (χ3v) is 5.45. The summed E-state index contributed by atoms with van der Waals surface area (Å²) in [5.41, 5.74) is 2.93. The topological polar surface area (TPSA) is 101 Å². The van der Waals surface area contributed by atoms with E-state index in [1.165, 1.54) is 18.2 Å². The van der Waals surface area contributed by atoms with Crippen LogP contribution in [0.4, 0.5) is 5.69 Å². The molecule has 1 saturated carbocycles. The van der Waals surface area contributed by atoms with Crippen LogP contribution in [-0.2, 0) is 19.1 Å². The molecule has 0 atom stereocenters. The summed E-state index contributed by atoms with van der Waals surface area (Å²) in [6, 6.07) is 8.01. The molecule has 29 heavy (non-hydrogen) atoms. The number of hydrogen-bond acceptors (Lipinski definition) is 6. The van der Waals surface area contributed by atoms with E-state index in [-0.39, 0.29) is 11.3 Å². The summed E-state index contributed by atoms with van der Waals surface area (Å²) in [5.74, 6) is -2.42. The van der Waals surface area contributed by atoms with Gasteiger partial charge in [-0.2, -0.15) is 0 Å². The zero-order chi connectivity index (χ0) is 20.8. The SMILES string of the molecule is Cc1cc(C=C2C(=O)OC3(CCCC3)OC2=O)c(C)n1-c1ccc([N+](=O)[O-])cc1. The fourth-order valence-electron chi connectivity index (χ4n) is 4.00. The standard InChI is InChI=1S/C21H20N2O6/c1-13-11-15(14(2)22(13)16-5-7-17(8-6-16)23(26)27)12-18-19(24)28-21(29-20(18)25)9-3-4-10-21/h5-8,11-12H,3-4,9-10H2,1-2H3. The first-order chi connectivity index (χ1) is 13.8. The van der Waals surface area contributed by atoms with Crippen LogP contribution < -0.4 is 0 Å². The second kappa shape index (κ2) is 6.88. The summed E-state index contributed by atoms with van der Waals surface area (Å²) in [7, 11) is 0. The van der Waals surface area contributed by atoms with E-state index in [1.54, 1.807) is 12.1 Å². The number of nitrogens with zero attached hydrogens (tertiary/aromatic N) is 2. The molecule has 2 aromatic rings. The molecule has 1 aromatic heterocycles. The Balaban J connectivity index is 1.66. The van der Waals surface area contributed by atoms with Crippen molar-refractivity contribution in [2.45, 2.75) is 45.3 Å². The molecule has 0 unspecified atom stereocenters. The van der Waals surface area contributed by atoms with Crippen LogP contribution in [0.15, 0.2) is 35.9 Å². The first-order valence-corrected chi connectivity index (χ1v) is 9.42. The van der Waals surface area contributed by atoms with E-state index >= 15 is 0 Å². The molecule has 1 aliphatic heterocycles. The fourth-order valence-corrected chi connectivity index (χ4v) is 4.00. The number of ether oxygens (including phenoxy) is 2. The molecule has 2 aliphatic rings. The minimum atomic E-state index is -1.10. The monoisotopic (exact) mass is 396 g/mol. The van der Waals surface area contributed by atoms with Crippen LogP contribution in [0.3, 0.4) is 0 Å². The first kappa shape index (κ1) is 18.9. The molecule has 1 saturated heterocycles. The average molecular weight is 396 g/mol. The Hall–Kier alpha value is -3.42. The summed E-state index contributed by atoms with van der Waals surface area (Å²) >= 11 is 0. The maximum Gasteiger partial charge on any atom is 0.348 e. The van der Waals surface area contributed by atoms with Gasteiger partial charge in [-0.1, -0.05) is 0 Å². The van der Waals surface area contributed by atoms with E-state index in [0.717, 1.165) is 29.9 Å². The molecule has 8 nitrogen and oxygen atoms in total. The van der Waals surface area contributed by atoms with Gasteiger partial charge in [0, 0.05) is 42.0 Å². The van der Waals surface area contributed by atoms with Crippen molar-refractivity contribution in [3.63, 3.8) is 0 Å². The lowest BCUT2D eigenvalue weighted by Gasteiger charge is -2.32. The predicted molar refractivity (Wildman–Crippen MR) is 103 cm³/mol. The van der Waals surface area contributed by atoms with Crippen LogP contribution in [0.25, 0.3) is 11.8 Å². The van der Waals surface area contributed by atoms with E-state index in [2.05, 4.69) is 0 Å². The lowest BCUT2D eigenvalue weighted by Crippen LogP contribution is -2.44. The van der Waals surface area contributed by atoms with Gasteiger partial charge in [0.2, 0.25) is 0 Å². The quantitative estimate of drug-likeness (QED) is 0.257. The smallest absolute Gasteiger partial charge is 0.348 e. The second-order valence-electron chi connectivity index (χ2n) is 7.39. The number of rotatable bonds is 3. The zero-order valence-corrected chi connectivity index (χ0v) is 16.1. The maximum absolute atomic E-state index is 12.5. The number of aromatic nitrogens is 1. The van der Waals surface area contributed by atoms with Crippen molar-refractivity contribution in [2.24, 2.45) is 0 Å². The van der Waals surface area contributed by atoms with Crippen molar-refractivity contribution in [1.82, 2.24) is 4.57 Å². The molecule has 8 heteroatoms. The van der Waals surface area contributed by atoms with Gasteiger partial charge in [0.05, 0.1) is 4.92 Å². The lowest BCUT2D eigenvalue weighted by atomic mass is 10.1. The number of hydrogen-bond donors (Lipinski definition) is 0. The van der Waals surface area contributed by atoms with E-state index < -0.39 is 22.6 Å². The number of non-ortho nitro benzene ring substituents is 1. The van der Waals surface area contributed by atoms with Gasteiger partial charge in [-0.05, 0) is 56.5 Å². The molecule has 2 fully saturated rings. The van der Waals surface area contributed by atoms with E-state index in [0.29, 0.717) is 18.4 Å². The molecular formula is C21H20N2O6. The number of nitro groups is 1. The molecule has 0 amide bonds. The summed E-state index contributed by atoms with van der Waals surface area (Å²) < 4.78 is 12.8. The van der Waals surface area contributed by atoms with E-state index in [1.807, 2.05) is 24.5 Å². The predicted octanol–water partition coefficient (Wildman–Crippen LogP) is 3.76. The third kappa shape index (κ3) is 3.30. The summed E-state index contributed by atoms with van der Waals surface area (Å²) in [6.45, 7) is 3.72. The highest BCUT2D eigenvalue weighted by molar-refractivity contribution is 6.19. The average Bonchev–Trinajstić information content (AvgIpc) is 3.22. The van der Waals surface area contributed by atoms with E-state index in [4.69, 9.17) is 9.47 Å². The van der Waals surface area contributed by atoms with Crippen molar-refractivity contribution >= 4 is 23.7 Å². The number of aryl methyl sites for hydroxylation is 1. The van der Waals surface area contributed by atoms with Gasteiger partial charge >= 0.3 is 11.9 Å². The highest BCUT2D eigenvalue weighted by Gasteiger charge is 2.47. The number of benzene rings is 1. The molecule has 150 valence electrons. The molecule has 1 aliphatic carbocycles. The number of esters is 2.